The maximum Gasteiger partial charge on any atom is 0.274 e. The van der Waals surface area contributed by atoms with Crippen molar-refractivity contribution < 1.29 is 4.92 Å². The molecule has 1 N–H and O–H groups in total. The molecule has 0 saturated heterocycles. The molecular weight excluding hydrogens is 318 g/mol. The van der Waals surface area contributed by atoms with Crippen molar-refractivity contribution in [2.75, 3.05) is 5.32 Å². The molecule has 3 rings (SSSR count). The summed E-state index contributed by atoms with van der Waals surface area (Å²) in [7, 11) is 0. The molecule has 3 aromatic rings. The topological polar surface area (TPSA) is 93.8 Å². The van der Waals surface area contributed by atoms with Crippen molar-refractivity contribution in [3.05, 3.63) is 75.7 Å². The number of nitro groups is 1. The van der Waals surface area contributed by atoms with Crippen molar-refractivity contribution in [3.63, 3.8) is 0 Å². The number of hydrogen-bond donors (Lipinski definition) is 1. The Hall–Kier alpha value is -3.35. The summed E-state index contributed by atoms with van der Waals surface area (Å²) in [6, 6.07) is 10.4. The van der Waals surface area contributed by atoms with Crippen LogP contribution in [0.15, 0.2) is 48.8 Å². The number of nitrogens with one attached hydrogen (secondary N) is 1. The summed E-state index contributed by atoms with van der Waals surface area (Å²) in [4.78, 5) is 23.9. The predicted octanol–water partition coefficient (Wildman–Crippen LogP) is 3.68. The fourth-order valence-electron chi connectivity index (χ4n) is 2.44. The van der Waals surface area contributed by atoms with Crippen LogP contribution in [0.2, 0.25) is 0 Å². The molecule has 7 nitrogen and oxygen atoms in total. The maximum atomic E-state index is 11.1. The summed E-state index contributed by atoms with van der Waals surface area (Å²) in [5.74, 6) is 1.23. The van der Waals surface area contributed by atoms with E-state index in [1.807, 2.05) is 26.0 Å². The van der Waals surface area contributed by atoms with Crippen molar-refractivity contribution >= 4 is 11.5 Å². The summed E-state index contributed by atoms with van der Waals surface area (Å²) >= 11 is 0. The van der Waals surface area contributed by atoms with Gasteiger partial charge in [0.1, 0.15) is 5.82 Å². The van der Waals surface area contributed by atoms with E-state index in [0.717, 1.165) is 16.8 Å². The highest BCUT2D eigenvalue weighted by Crippen LogP contribution is 2.23. The lowest BCUT2D eigenvalue weighted by Gasteiger charge is -2.12. The van der Waals surface area contributed by atoms with Gasteiger partial charge in [0, 0.05) is 47.4 Å². The monoisotopic (exact) mass is 335 g/mol. The second kappa shape index (κ2) is 7.04. The normalized spacial score (nSPS) is 10.5. The number of nitro benzene ring substituents is 1. The van der Waals surface area contributed by atoms with E-state index in [4.69, 9.17) is 0 Å². The molecule has 0 amide bonds. The Labute approximate surface area is 145 Å². The zero-order chi connectivity index (χ0) is 17.8. The molecule has 0 unspecified atom stereocenters. The van der Waals surface area contributed by atoms with Crippen LogP contribution in [0.3, 0.4) is 0 Å². The Morgan fingerprint density at radius 1 is 1.12 bits per heavy atom. The van der Waals surface area contributed by atoms with Gasteiger partial charge in [-0.15, -0.1) is 0 Å². The standard InChI is InChI=1S/C18H17N5O2/c1-12-13(2)21-18(15-7-5-9-19-10-15)22-17(12)20-11-14-6-3-4-8-16(14)23(24)25/h3-10H,11H2,1-2H3,(H,20,21,22). The van der Waals surface area contributed by atoms with Gasteiger partial charge in [-0.25, -0.2) is 9.97 Å². The van der Waals surface area contributed by atoms with E-state index < -0.39 is 0 Å². The summed E-state index contributed by atoms with van der Waals surface area (Å²) in [6.45, 7) is 4.14. The Morgan fingerprint density at radius 2 is 1.92 bits per heavy atom. The lowest BCUT2D eigenvalue weighted by atomic mass is 10.1. The van der Waals surface area contributed by atoms with Crippen LogP contribution in [-0.2, 0) is 6.54 Å². The third kappa shape index (κ3) is 3.60. The van der Waals surface area contributed by atoms with Crippen molar-refractivity contribution in [1.82, 2.24) is 15.0 Å². The number of anilines is 1. The first-order chi connectivity index (χ1) is 12.1. The van der Waals surface area contributed by atoms with Crippen molar-refractivity contribution in [1.29, 1.82) is 0 Å². The average Bonchev–Trinajstić information content (AvgIpc) is 2.63. The van der Waals surface area contributed by atoms with Gasteiger partial charge in [-0.3, -0.25) is 15.1 Å². The number of hydrogen-bond acceptors (Lipinski definition) is 6. The van der Waals surface area contributed by atoms with Crippen LogP contribution in [0, 0.1) is 24.0 Å². The second-order valence-electron chi connectivity index (χ2n) is 5.59. The number of rotatable bonds is 5. The highest BCUT2D eigenvalue weighted by molar-refractivity contribution is 5.59. The van der Waals surface area contributed by atoms with Crippen LogP contribution in [0.5, 0.6) is 0 Å². The smallest absolute Gasteiger partial charge is 0.274 e. The molecule has 0 radical (unpaired) electrons. The van der Waals surface area contributed by atoms with Crippen LogP contribution in [0.1, 0.15) is 16.8 Å². The number of benzene rings is 1. The summed E-state index contributed by atoms with van der Waals surface area (Å²) in [5, 5.41) is 14.3. The molecule has 0 fully saturated rings. The minimum atomic E-state index is -0.379. The van der Waals surface area contributed by atoms with E-state index in [-0.39, 0.29) is 10.6 Å². The van der Waals surface area contributed by atoms with Gasteiger partial charge in [-0.2, -0.15) is 0 Å². The molecule has 0 atom stereocenters. The summed E-state index contributed by atoms with van der Waals surface area (Å²) in [5.41, 5.74) is 3.27. The molecule has 2 aromatic heterocycles. The Balaban J connectivity index is 1.91. The first-order valence-corrected chi connectivity index (χ1v) is 7.78. The Bertz CT molecular complexity index is 913. The van der Waals surface area contributed by atoms with E-state index >= 15 is 0 Å². The van der Waals surface area contributed by atoms with Gasteiger partial charge in [-0.05, 0) is 26.0 Å². The Kier molecular flexibility index (Phi) is 4.65. The summed E-state index contributed by atoms with van der Waals surface area (Å²) in [6.07, 6.45) is 3.40. The first kappa shape index (κ1) is 16.5. The number of pyridine rings is 1. The number of nitrogens with zero attached hydrogens (tertiary/aromatic N) is 4. The molecule has 0 aliphatic rings. The molecule has 2 heterocycles. The SMILES string of the molecule is Cc1nc(-c2cccnc2)nc(NCc2ccccc2[N+](=O)[O-])c1C. The Morgan fingerprint density at radius 3 is 2.64 bits per heavy atom. The fraction of sp³-hybridized carbons (Fsp3) is 0.167. The van der Waals surface area contributed by atoms with Crippen LogP contribution < -0.4 is 5.32 Å². The minimum absolute atomic E-state index is 0.0888. The van der Waals surface area contributed by atoms with E-state index in [2.05, 4.69) is 20.3 Å². The first-order valence-electron chi connectivity index (χ1n) is 7.78. The maximum absolute atomic E-state index is 11.1. The minimum Gasteiger partial charge on any atom is -0.365 e. The molecule has 0 saturated carbocycles. The third-order valence-electron chi connectivity index (χ3n) is 3.94. The van der Waals surface area contributed by atoms with Crippen LogP contribution >= 0.6 is 0 Å². The van der Waals surface area contributed by atoms with E-state index in [9.17, 15) is 10.1 Å². The number of aryl methyl sites for hydroxylation is 1. The average molecular weight is 335 g/mol. The van der Waals surface area contributed by atoms with E-state index in [1.54, 1.807) is 30.6 Å². The molecular formula is C18H17N5O2. The highest BCUT2D eigenvalue weighted by Gasteiger charge is 2.14. The predicted molar refractivity (Wildman–Crippen MR) is 95.2 cm³/mol. The van der Waals surface area contributed by atoms with Gasteiger partial charge in [-0.1, -0.05) is 18.2 Å². The highest BCUT2D eigenvalue weighted by atomic mass is 16.6. The zero-order valence-electron chi connectivity index (χ0n) is 13.9. The molecule has 126 valence electrons. The molecule has 7 heteroatoms. The largest absolute Gasteiger partial charge is 0.365 e. The summed E-state index contributed by atoms with van der Waals surface area (Å²) < 4.78 is 0. The van der Waals surface area contributed by atoms with Gasteiger partial charge in [0.2, 0.25) is 0 Å². The van der Waals surface area contributed by atoms with Crippen molar-refractivity contribution in [3.8, 4) is 11.4 Å². The quantitative estimate of drug-likeness (QED) is 0.565. The van der Waals surface area contributed by atoms with Gasteiger partial charge in [0.05, 0.1) is 4.92 Å². The van der Waals surface area contributed by atoms with Crippen molar-refractivity contribution in [2.24, 2.45) is 0 Å². The lowest BCUT2D eigenvalue weighted by molar-refractivity contribution is -0.385. The second-order valence-corrected chi connectivity index (χ2v) is 5.59. The van der Waals surface area contributed by atoms with Gasteiger partial charge < -0.3 is 5.32 Å². The van der Waals surface area contributed by atoms with Crippen LogP contribution in [0.4, 0.5) is 11.5 Å². The zero-order valence-corrected chi connectivity index (χ0v) is 13.9. The van der Waals surface area contributed by atoms with Crippen LogP contribution in [-0.4, -0.2) is 19.9 Å². The van der Waals surface area contributed by atoms with E-state index in [0.29, 0.717) is 23.8 Å². The number of aromatic nitrogens is 3. The van der Waals surface area contributed by atoms with Crippen LogP contribution in [0.25, 0.3) is 11.4 Å². The molecule has 25 heavy (non-hydrogen) atoms. The lowest BCUT2D eigenvalue weighted by Crippen LogP contribution is -2.08. The third-order valence-corrected chi connectivity index (χ3v) is 3.94. The van der Waals surface area contributed by atoms with Gasteiger partial charge >= 0.3 is 0 Å². The molecule has 0 aliphatic carbocycles. The molecule has 0 bridgehead atoms. The number of para-hydroxylation sites is 1. The van der Waals surface area contributed by atoms with E-state index in [1.165, 1.54) is 6.07 Å². The van der Waals surface area contributed by atoms with Crippen molar-refractivity contribution in [2.45, 2.75) is 20.4 Å². The van der Waals surface area contributed by atoms with Gasteiger partial charge in [0.25, 0.3) is 5.69 Å². The molecule has 0 aliphatic heterocycles. The molecule has 1 aromatic carbocycles. The molecule has 0 spiro atoms. The fourth-order valence-corrected chi connectivity index (χ4v) is 2.44. The van der Waals surface area contributed by atoms with Gasteiger partial charge in [0.15, 0.2) is 5.82 Å².